The van der Waals surface area contributed by atoms with E-state index in [4.69, 9.17) is 4.98 Å². The van der Waals surface area contributed by atoms with Gasteiger partial charge in [0, 0.05) is 23.9 Å². The van der Waals surface area contributed by atoms with Crippen molar-refractivity contribution in [2.24, 2.45) is 4.99 Å². The molecule has 0 N–H and O–H groups in total. The number of rotatable bonds is 5. The molecule has 0 aliphatic heterocycles. The summed E-state index contributed by atoms with van der Waals surface area (Å²) < 4.78 is 0. The van der Waals surface area contributed by atoms with Gasteiger partial charge in [-0.2, -0.15) is 0 Å². The predicted octanol–water partition coefficient (Wildman–Crippen LogP) is 6.15. The standard InChI is InChI=1S/C23H18N4O2S/c1-15-6-11-20(16(2)13-15)21-22(17-7-9-19(10-8-17)27(28)29)30-23(26-21)25-14-18-5-3-4-12-24-18/h3-14H,1-2H3. The highest BCUT2D eigenvalue weighted by atomic mass is 32.1. The van der Waals surface area contributed by atoms with Crippen LogP contribution in [0.2, 0.25) is 0 Å². The van der Waals surface area contributed by atoms with E-state index in [1.807, 2.05) is 18.2 Å². The predicted molar refractivity (Wildman–Crippen MR) is 121 cm³/mol. The van der Waals surface area contributed by atoms with Crippen LogP contribution < -0.4 is 0 Å². The van der Waals surface area contributed by atoms with Crippen LogP contribution in [0.1, 0.15) is 16.8 Å². The number of hydrogen-bond donors (Lipinski definition) is 0. The number of non-ortho nitro benzene ring substituents is 1. The van der Waals surface area contributed by atoms with Crippen LogP contribution in [0, 0.1) is 24.0 Å². The van der Waals surface area contributed by atoms with Crippen LogP contribution in [0.5, 0.6) is 0 Å². The minimum atomic E-state index is -0.399. The molecule has 0 unspecified atom stereocenters. The van der Waals surface area contributed by atoms with Crippen LogP contribution in [0.4, 0.5) is 10.8 Å². The van der Waals surface area contributed by atoms with Gasteiger partial charge >= 0.3 is 0 Å². The smallest absolute Gasteiger partial charge is 0.258 e. The van der Waals surface area contributed by atoms with E-state index in [0.717, 1.165) is 33.0 Å². The van der Waals surface area contributed by atoms with Crippen molar-refractivity contribution in [1.29, 1.82) is 0 Å². The molecule has 2 heterocycles. The minimum Gasteiger partial charge on any atom is -0.258 e. The largest absolute Gasteiger partial charge is 0.269 e. The maximum atomic E-state index is 11.0. The summed E-state index contributed by atoms with van der Waals surface area (Å²) in [5, 5.41) is 11.6. The van der Waals surface area contributed by atoms with Crippen LogP contribution >= 0.6 is 11.3 Å². The van der Waals surface area contributed by atoms with Gasteiger partial charge in [0.25, 0.3) is 5.69 Å². The van der Waals surface area contributed by atoms with Gasteiger partial charge < -0.3 is 0 Å². The number of hydrogen-bond acceptors (Lipinski definition) is 6. The fraction of sp³-hybridized carbons (Fsp3) is 0.0870. The third kappa shape index (κ3) is 4.16. The highest BCUT2D eigenvalue weighted by Crippen LogP contribution is 2.41. The Morgan fingerprint density at radius 3 is 2.53 bits per heavy atom. The summed E-state index contributed by atoms with van der Waals surface area (Å²) in [6, 6.07) is 18.4. The number of thiazole rings is 1. The summed E-state index contributed by atoms with van der Waals surface area (Å²) in [4.78, 5) is 25.1. The molecule has 4 aromatic rings. The molecule has 4 rings (SSSR count). The van der Waals surface area contributed by atoms with Crippen molar-refractivity contribution in [1.82, 2.24) is 9.97 Å². The van der Waals surface area contributed by atoms with Crippen LogP contribution in [0.15, 0.2) is 71.9 Å². The van der Waals surface area contributed by atoms with Crippen LogP contribution in [-0.4, -0.2) is 21.1 Å². The Morgan fingerprint density at radius 2 is 1.87 bits per heavy atom. The Labute approximate surface area is 177 Å². The van der Waals surface area contributed by atoms with E-state index >= 15 is 0 Å². The molecule has 0 fully saturated rings. The zero-order valence-electron chi connectivity index (χ0n) is 16.4. The fourth-order valence-electron chi connectivity index (χ4n) is 3.13. The third-order valence-corrected chi connectivity index (χ3v) is 5.60. The summed E-state index contributed by atoms with van der Waals surface area (Å²) in [5.41, 5.74) is 5.80. The van der Waals surface area contributed by atoms with Crippen molar-refractivity contribution in [2.75, 3.05) is 0 Å². The molecule has 0 saturated heterocycles. The summed E-state index contributed by atoms with van der Waals surface area (Å²) in [5.74, 6) is 0. The first-order chi connectivity index (χ1) is 14.5. The molecule has 0 radical (unpaired) electrons. The van der Waals surface area contributed by atoms with Crippen molar-refractivity contribution in [3.63, 3.8) is 0 Å². The fourth-order valence-corrected chi connectivity index (χ4v) is 4.06. The Bertz CT molecular complexity index is 1230. The van der Waals surface area contributed by atoms with Crippen LogP contribution in [0.25, 0.3) is 21.7 Å². The second-order valence-electron chi connectivity index (χ2n) is 6.81. The summed E-state index contributed by atoms with van der Waals surface area (Å²) in [6.07, 6.45) is 3.40. The van der Waals surface area contributed by atoms with E-state index in [-0.39, 0.29) is 5.69 Å². The van der Waals surface area contributed by atoms with Gasteiger partial charge in [0.05, 0.1) is 27.4 Å². The van der Waals surface area contributed by atoms with Crippen LogP contribution in [0.3, 0.4) is 0 Å². The van der Waals surface area contributed by atoms with E-state index in [1.165, 1.54) is 29.0 Å². The maximum absolute atomic E-state index is 11.0. The Hall–Kier alpha value is -3.71. The number of benzene rings is 2. The molecule has 6 nitrogen and oxygen atoms in total. The third-order valence-electron chi connectivity index (χ3n) is 4.59. The minimum absolute atomic E-state index is 0.0599. The van der Waals surface area contributed by atoms with Crippen molar-refractivity contribution in [3.05, 3.63) is 93.8 Å². The van der Waals surface area contributed by atoms with Gasteiger partial charge in [-0.25, -0.2) is 9.98 Å². The van der Waals surface area contributed by atoms with Crippen LogP contribution in [-0.2, 0) is 0 Å². The molecule has 0 aliphatic carbocycles. The molecule has 0 bridgehead atoms. The molecule has 2 aromatic carbocycles. The molecular formula is C23H18N4O2S. The maximum Gasteiger partial charge on any atom is 0.269 e. The number of nitro benzene ring substituents is 1. The molecule has 2 aromatic heterocycles. The quantitative estimate of drug-likeness (QED) is 0.223. The lowest BCUT2D eigenvalue weighted by Crippen LogP contribution is -1.89. The summed E-state index contributed by atoms with van der Waals surface area (Å²) in [7, 11) is 0. The summed E-state index contributed by atoms with van der Waals surface area (Å²) in [6.45, 7) is 4.11. The molecule has 0 amide bonds. The van der Waals surface area contributed by atoms with E-state index in [1.54, 1.807) is 24.5 Å². The van der Waals surface area contributed by atoms with Gasteiger partial charge in [0.2, 0.25) is 5.13 Å². The lowest BCUT2D eigenvalue weighted by Gasteiger charge is -2.07. The molecule has 0 aliphatic rings. The van der Waals surface area contributed by atoms with E-state index in [9.17, 15) is 10.1 Å². The van der Waals surface area contributed by atoms with E-state index in [0.29, 0.717) is 5.13 Å². The Balaban J connectivity index is 1.81. The average molecular weight is 414 g/mol. The first-order valence-corrected chi connectivity index (χ1v) is 10.1. The average Bonchev–Trinajstić information content (AvgIpc) is 3.17. The van der Waals surface area contributed by atoms with Gasteiger partial charge in [0.1, 0.15) is 0 Å². The second kappa shape index (κ2) is 8.34. The number of aromatic nitrogens is 2. The number of nitro groups is 1. The molecule has 0 spiro atoms. The van der Waals surface area contributed by atoms with Gasteiger partial charge in [-0.1, -0.05) is 41.2 Å². The Morgan fingerprint density at radius 1 is 1.07 bits per heavy atom. The molecule has 7 heteroatoms. The van der Waals surface area contributed by atoms with Gasteiger partial charge in [-0.15, -0.1) is 0 Å². The topological polar surface area (TPSA) is 81.3 Å². The first-order valence-electron chi connectivity index (χ1n) is 9.29. The van der Waals surface area contributed by atoms with Crippen molar-refractivity contribution >= 4 is 28.4 Å². The molecule has 30 heavy (non-hydrogen) atoms. The monoisotopic (exact) mass is 414 g/mol. The number of aliphatic imine (C=N–C) groups is 1. The summed E-state index contributed by atoms with van der Waals surface area (Å²) >= 11 is 1.45. The molecule has 148 valence electrons. The molecule has 0 saturated carbocycles. The SMILES string of the molecule is Cc1ccc(-c2nc(N=Cc3ccccn3)sc2-c2ccc([N+](=O)[O-])cc2)c(C)c1. The highest BCUT2D eigenvalue weighted by Gasteiger charge is 2.17. The van der Waals surface area contributed by atoms with Crippen molar-refractivity contribution < 1.29 is 4.92 Å². The van der Waals surface area contributed by atoms with Crippen molar-refractivity contribution in [2.45, 2.75) is 13.8 Å². The zero-order chi connectivity index (χ0) is 21.1. The Kier molecular flexibility index (Phi) is 5.45. The van der Waals surface area contributed by atoms with Crippen molar-refractivity contribution in [3.8, 4) is 21.7 Å². The second-order valence-corrected chi connectivity index (χ2v) is 7.79. The van der Waals surface area contributed by atoms with Gasteiger partial charge in [-0.05, 0) is 49.2 Å². The van der Waals surface area contributed by atoms with E-state index in [2.05, 4.69) is 42.0 Å². The normalized spacial score (nSPS) is 11.1. The lowest BCUT2D eigenvalue weighted by molar-refractivity contribution is -0.384. The number of aryl methyl sites for hydroxylation is 2. The first kappa shape index (κ1) is 19.6. The van der Waals surface area contributed by atoms with E-state index < -0.39 is 4.92 Å². The molecular weight excluding hydrogens is 396 g/mol. The lowest BCUT2D eigenvalue weighted by atomic mass is 10.0. The van der Waals surface area contributed by atoms with Gasteiger partial charge in [0.15, 0.2) is 0 Å². The highest BCUT2D eigenvalue weighted by molar-refractivity contribution is 7.19. The zero-order valence-corrected chi connectivity index (χ0v) is 17.3. The number of pyridine rings is 1. The number of nitrogens with zero attached hydrogens (tertiary/aromatic N) is 4. The van der Waals surface area contributed by atoms with Gasteiger partial charge in [-0.3, -0.25) is 15.1 Å². The molecule has 0 atom stereocenters.